The lowest BCUT2D eigenvalue weighted by Crippen LogP contribution is -2.41. The molecule has 112 valence electrons. The van der Waals surface area contributed by atoms with Gasteiger partial charge in [-0.2, -0.15) is 13.2 Å². The summed E-state index contributed by atoms with van der Waals surface area (Å²) in [6, 6.07) is 5.28. The van der Waals surface area contributed by atoms with Crippen molar-refractivity contribution in [2.45, 2.75) is 11.1 Å². The maximum atomic E-state index is 12.7. The number of carbonyl (C=O) groups excluding carboxylic acids is 1. The number of hydrogen-bond donors (Lipinski definition) is 1. The van der Waals surface area contributed by atoms with E-state index < -0.39 is 31.1 Å². The molecule has 1 aromatic rings. The predicted molar refractivity (Wildman–Crippen MR) is 66.8 cm³/mol. The number of aliphatic hydroxyl groups excluding tert-OH is 1. The molecule has 0 saturated heterocycles. The van der Waals surface area contributed by atoms with Gasteiger partial charge in [-0.3, -0.25) is 4.79 Å². The molecular formula is C12H13F4NO2S. The van der Waals surface area contributed by atoms with Crippen molar-refractivity contribution in [2.75, 3.05) is 25.4 Å². The Bertz CT molecular complexity index is 436. The standard InChI is InChI=1S/C12H13F4NO2S/c13-9-1-3-10(4-2-9)20-7-11(19)17(5-6-18)8-12(14,15)16/h1-4,18H,5-8H2. The fourth-order valence-electron chi connectivity index (χ4n) is 1.40. The second kappa shape index (κ2) is 7.49. The molecule has 0 bridgehead atoms. The highest BCUT2D eigenvalue weighted by atomic mass is 32.2. The summed E-state index contributed by atoms with van der Waals surface area (Å²) in [6.07, 6.45) is -4.51. The van der Waals surface area contributed by atoms with Gasteiger partial charge in [0, 0.05) is 11.4 Å². The lowest BCUT2D eigenvalue weighted by Gasteiger charge is -2.22. The zero-order valence-corrected chi connectivity index (χ0v) is 11.2. The van der Waals surface area contributed by atoms with Crippen molar-refractivity contribution in [1.29, 1.82) is 0 Å². The summed E-state index contributed by atoms with van der Waals surface area (Å²) in [5, 5.41) is 8.69. The Kier molecular flexibility index (Phi) is 6.28. The van der Waals surface area contributed by atoms with E-state index in [-0.39, 0.29) is 12.3 Å². The molecule has 1 rings (SSSR count). The van der Waals surface area contributed by atoms with Gasteiger partial charge in [-0.25, -0.2) is 4.39 Å². The van der Waals surface area contributed by atoms with Crippen molar-refractivity contribution in [3.05, 3.63) is 30.1 Å². The van der Waals surface area contributed by atoms with Gasteiger partial charge in [-0.15, -0.1) is 11.8 Å². The smallest absolute Gasteiger partial charge is 0.395 e. The molecule has 0 heterocycles. The fourth-order valence-corrected chi connectivity index (χ4v) is 2.20. The van der Waals surface area contributed by atoms with E-state index >= 15 is 0 Å². The van der Waals surface area contributed by atoms with E-state index in [1.807, 2.05) is 0 Å². The molecule has 0 saturated carbocycles. The van der Waals surface area contributed by atoms with Crippen molar-refractivity contribution in [3.63, 3.8) is 0 Å². The molecule has 0 unspecified atom stereocenters. The molecule has 0 aromatic heterocycles. The normalized spacial score (nSPS) is 11.4. The Labute approximate surface area is 117 Å². The minimum absolute atomic E-state index is 0.207. The Morgan fingerprint density at radius 3 is 2.35 bits per heavy atom. The van der Waals surface area contributed by atoms with E-state index in [0.717, 1.165) is 11.8 Å². The molecule has 0 atom stereocenters. The molecule has 0 aliphatic carbocycles. The van der Waals surface area contributed by atoms with E-state index in [2.05, 4.69) is 0 Å². The van der Waals surface area contributed by atoms with Crippen LogP contribution in [0.1, 0.15) is 0 Å². The second-order valence-electron chi connectivity index (χ2n) is 3.90. The van der Waals surface area contributed by atoms with Crippen LogP contribution in [-0.4, -0.2) is 47.5 Å². The van der Waals surface area contributed by atoms with Gasteiger partial charge in [-0.05, 0) is 24.3 Å². The lowest BCUT2D eigenvalue weighted by atomic mass is 10.4. The van der Waals surface area contributed by atoms with Crippen molar-refractivity contribution in [3.8, 4) is 0 Å². The van der Waals surface area contributed by atoms with Crippen LogP contribution in [0, 0.1) is 5.82 Å². The van der Waals surface area contributed by atoms with Gasteiger partial charge in [-0.1, -0.05) is 0 Å². The van der Waals surface area contributed by atoms with Gasteiger partial charge in [0.2, 0.25) is 5.91 Å². The number of amides is 1. The molecule has 1 amide bonds. The summed E-state index contributed by atoms with van der Waals surface area (Å²) in [6.45, 7) is -2.30. The van der Waals surface area contributed by atoms with E-state index in [1.54, 1.807) is 0 Å². The predicted octanol–water partition coefficient (Wildman–Crippen LogP) is 2.30. The minimum Gasteiger partial charge on any atom is -0.395 e. The van der Waals surface area contributed by atoms with Crippen LogP contribution in [0.5, 0.6) is 0 Å². The number of aliphatic hydroxyl groups is 1. The first-order valence-electron chi connectivity index (χ1n) is 5.65. The zero-order valence-electron chi connectivity index (χ0n) is 10.4. The zero-order chi connectivity index (χ0) is 15.2. The van der Waals surface area contributed by atoms with E-state index in [4.69, 9.17) is 5.11 Å². The number of halogens is 4. The van der Waals surface area contributed by atoms with E-state index in [1.165, 1.54) is 24.3 Å². The maximum absolute atomic E-state index is 12.7. The first-order chi connectivity index (χ1) is 9.31. The Morgan fingerprint density at radius 2 is 1.85 bits per heavy atom. The van der Waals surface area contributed by atoms with Crippen LogP contribution in [0.3, 0.4) is 0 Å². The molecule has 8 heteroatoms. The molecule has 1 aromatic carbocycles. The Hall–Kier alpha value is -1.28. The monoisotopic (exact) mass is 311 g/mol. The van der Waals surface area contributed by atoms with Crippen molar-refractivity contribution < 1.29 is 27.5 Å². The van der Waals surface area contributed by atoms with Gasteiger partial charge in [0.1, 0.15) is 12.4 Å². The van der Waals surface area contributed by atoms with Crippen LogP contribution >= 0.6 is 11.8 Å². The summed E-state index contributed by atoms with van der Waals surface area (Å²) in [4.78, 5) is 12.8. The summed E-state index contributed by atoms with van der Waals surface area (Å²) in [5.74, 6) is -1.37. The Morgan fingerprint density at radius 1 is 1.25 bits per heavy atom. The van der Waals surface area contributed by atoms with Crippen LogP contribution in [-0.2, 0) is 4.79 Å². The van der Waals surface area contributed by atoms with Crippen LogP contribution in [0.15, 0.2) is 29.2 Å². The average molecular weight is 311 g/mol. The fraction of sp³-hybridized carbons (Fsp3) is 0.417. The Balaban J connectivity index is 2.55. The lowest BCUT2D eigenvalue weighted by molar-refractivity contribution is -0.160. The van der Waals surface area contributed by atoms with Gasteiger partial charge >= 0.3 is 6.18 Å². The SMILES string of the molecule is O=C(CSc1ccc(F)cc1)N(CCO)CC(F)(F)F. The molecule has 0 aliphatic heterocycles. The average Bonchev–Trinajstić information content (AvgIpc) is 2.35. The number of thioether (sulfide) groups is 1. The van der Waals surface area contributed by atoms with Crippen LogP contribution in [0.4, 0.5) is 17.6 Å². The van der Waals surface area contributed by atoms with Gasteiger partial charge in [0.25, 0.3) is 0 Å². The largest absolute Gasteiger partial charge is 0.406 e. The van der Waals surface area contributed by atoms with E-state index in [9.17, 15) is 22.4 Å². The number of alkyl halides is 3. The number of hydrogen-bond acceptors (Lipinski definition) is 3. The maximum Gasteiger partial charge on any atom is 0.406 e. The van der Waals surface area contributed by atoms with Crippen LogP contribution < -0.4 is 0 Å². The number of rotatable bonds is 6. The molecule has 1 N–H and O–H groups in total. The first-order valence-corrected chi connectivity index (χ1v) is 6.64. The topological polar surface area (TPSA) is 40.5 Å². The highest BCUT2D eigenvalue weighted by Crippen LogP contribution is 2.20. The van der Waals surface area contributed by atoms with Crippen LogP contribution in [0.25, 0.3) is 0 Å². The number of benzene rings is 1. The third kappa shape index (κ3) is 6.25. The quantitative estimate of drug-likeness (QED) is 0.647. The third-order valence-electron chi connectivity index (χ3n) is 2.27. The summed E-state index contributed by atoms with van der Waals surface area (Å²) in [5.41, 5.74) is 0. The first kappa shape index (κ1) is 16.8. The van der Waals surface area contributed by atoms with E-state index in [0.29, 0.717) is 9.80 Å². The van der Waals surface area contributed by atoms with Gasteiger partial charge in [0.05, 0.1) is 12.4 Å². The van der Waals surface area contributed by atoms with Gasteiger partial charge in [0.15, 0.2) is 0 Å². The molecule has 3 nitrogen and oxygen atoms in total. The van der Waals surface area contributed by atoms with Crippen molar-refractivity contribution in [2.24, 2.45) is 0 Å². The third-order valence-corrected chi connectivity index (χ3v) is 3.27. The van der Waals surface area contributed by atoms with Gasteiger partial charge < -0.3 is 10.0 Å². The molecule has 0 spiro atoms. The molecule has 0 aliphatic rings. The molecular weight excluding hydrogens is 298 g/mol. The highest BCUT2D eigenvalue weighted by molar-refractivity contribution is 8.00. The van der Waals surface area contributed by atoms with Crippen molar-refractivity contribution >= 4 is 17.7 Å². The molecule has 0 fully saturated rings. The molecule has 20 heavy (non-hydrogen) atoms. The number of carbonyl (C=O) groups is 1. The number of nitrogens with zero attached hydrogens (tertiary/aromatic N) is 1. The summed E-state index contributed by atoms with van der Waals surface area (Å²) >= 11 is 1.01. The summed E-state index contributed by atoms with van der Waals surface area (Å²) < 4.78 is 49.5. The minimum atomic E-state index is -4.51. The van der Waals surface area contributed by atoms with Crippen LogP contribution in [0.2, 0.25) is 0 Å². The van der Waals surface area contributed by atoms with Crippen molar-refractivity contribution in [1.82, 2.24) is 4.90 Å². The molecule has 0 radical (unpaired) electrons. The summed E-state index contributed by atoms with van der Waals surface area (Å²) in [7, 11) is 0. The highest BCUT2D eigenvalue weighted by Gasteiger charge is 2.32. The second-order valence-corrected chi connectivity index (χ2v) is 4.95.